The first-order valence-electron chi connectivity index (χ1n) is 6.86. The standard InChI is InChI=1S/C14H12F3N5O2/c1-7-4-5-10(6-21(7)23)24-12-9(3)8(2)11-18-19-13(14(15,16)17)22(11)20-12/h4-6H,1-3H3. The van der Waals surface area contributed by atoms with Crippen LogP contribution in [0, 0.1) is 26.0 Å². The molecule has 24 heavy (non-hydrogen) atoms. The molecule has 3 rings (SSSR count). The van der Waals surface area contributed by atoms with Gasteiger partial charge in [0, 0.05) is 24.1 Å². The maximum atomic E-state index is 13.0. The minimum atomic E-state index is -4.70. The number of ether oxygens (including phenoxy) is 1. The highest BCUT2D eigenvalue weighted by Gasteiger charge is 2.38. The number of hydrogen-bond acceptors (Lipinski definition) is 5. The molecule has 0 amide bonds. The molecule has 0 atom stereocenters. The molecule has 0 radical (unpaired) electrons. The van der Waals surface area contributed by atoms with E-state index < -0.39 is 12.0 Å². The first-order valence-corrected chi connectivity index (χ1v) is 6.86. The van der Waals surface area contributed by atoms with Gasteiger partial charge in [0.25, 0.3) is 5.82 Å². The molecule has 0 saturated heterocycles. The quantitative estimate of drug-likeness (QED) is 0.529. The maximum absolute atomic E-state index is 13.0. The predicted molar refractivity (Wildman–Crippen MR) is 75.5 cm³/mol. The number of alkyl halides is 3. The first-order chi connectivity index (χ1) is 11.2. The maximum Gasteiger partial charge on any atom is 0.453 e. The SMILES string of the molecule is Cc1c(Oc2ccc(C)[n+]([O-])c2)nn2c(C(F)(F)F)nnc2c1C. The van der Waals surface area contributed by atoms with Crippen molar-refractivity contribution < 1.29 is 22.6 Å². The summed E-state index contributed by atoms with van der Waals surface area (Å²) in [6, 6.07) is 3.06. The van der Waals surface area contributed by atoms with E-state index in [1.807, 2.05) is 0 Å². The van der Waals surface area contributed by atoms with E-state index in [0.29, 0.717) is 26.1 Å². The van der Waals surface area contributed by atoms with Crippen molar-refractivity contribution in [1.29, 1.82) is 0 Å². The van der Waals surface area contributed by atoms with Crippen LogP contribution in [0.3, 0.4) is 0 Å². The molecule has 0 aliphatic heterocycles. The Balaban J connectivity index is 2.13. The van der Waals surface area contributed by atoms with Gasteiger partial charge in [-0.3, -0.25) is 0 Å². The van der Waals surface area contributed by atoms with E-state index in [9.17, 15) is 18.4 Å². The molecule has 0 aromatic carbocycles. The van der Waals surface area contributed by atoms with Crippen molar-refractivity contribution in [3.63, 3.8) is 0 Å². The molecule has 126 valence electrons. The van der Waals surface area contributed by atoms with Crippen molar-refractivity contribution in [2.24, 2.45) is 0 Å². The Morgan fingerprint density at radius 2 is 1.83 bits per heavy atom. The molecule has 0 spiro atoms. The van der Waals surface area contributed by atoms with E-state index in [-0.39, 0.29) is 17.3 Å². The number of halogens is 3. The first kappa shape index (κ1) is 16.0. The number of hydrogen-bond donors (Lipinski definition) is 0. The van der Waals surface area contributed by atoms with Crippen LogP contribution in [0.4, 0.5) is 13.2 Å². The largest absolute Gasteiger partial charge is 0.618 e. The summed E-state index contributed by atoms with van der Waals surface area (Å²) >= 11 is 0. The molecule has 10 heteroatoms. The van der Waals surface area contributed by atoms with Crippen LogP contribution in [-0.4, -0.2) is 19.8 Å². The minimum absolute atomic E-state index is 0.00466. The highest BCUT2D eigenvalue weighted by atomic mass is 19.4. The lowest BCUT2D eigenvalue weighted by Gasteiger charge is -2.11. The molecular formula is C14H12F3N5O2. The summed E-state index contributed by atoms with van der Waals surface area (Å²) in [7, 11) is 0. The number of nitrogens with zero attached hydrogens (tertiary/aromatic N) is 5. The zero-order valence-corrected chi connectivity index (χ0v) is 12.9. The van der Waals surface area contributed by atoms with Gasteiger partial charge in [-0.05, 0) is 19.9 Å². The number of fused-ring (bicyclic) bond motifs is 1. The molecule has 0 aliphatic rings. The number of rotatable bonds is 2. The third-order valence-electron chi connectivity index (χ3n) is 3.60. The Labute approximate surface area is 133 Å². The van der Waals surface area contributed by atoms with Gasteiger partial charge in [0.15, 0.2) is 17.1 Å². The number of aromatic nitrogens is 5. The van der Waals surface area contributed by atoms with Gasteiger partial charge < -0.3 is 9.94 Å². The molecule has 0 bridgehead atoms. The average molecular weight is 339 g/mol. The zero-order chi connectivity index (χ0) is 17.6. The fourth-order valence-corrected chi connectivity index (χ4v) is 2.08. The van der Waals surface area contributed by atoms with Gasteiger partial charge in [0.2, 0.25) is 12.1 Å². The van der Waals surface area contributed by atoms with Gasteiger partial charge in [0.05, 0.1) is 0 Å². The number of pyridine rings is 1. The van der Waals surface area contributed by atoms with Crippen molar-refractivity contribution in [3.05, 3.63) is 46.2 Å². The van der Waals surface area contributed by atoms with Crippen LogP contribution in [-0.2, 0) is 6.18 Å². The van der Waals surface area contributed by atoms with E-state index in [0.717, 1.165) is 0 Å². The van der Waals surface area contributed by atoms with E-state index in [1.165, 1.54) is 18.3 Å². The van der Waals surface area contributed by atoms with E-state index in [1.54, 1.807) is 20.8 Å². The van der Waals surface area contributed by atoms with Gasteiger partial charge in [-0.2, -0.15) is 22.4 Å². The van der Waals surface area contributed by atoms with Crippen LogP contribution < -0.4 is 9.47 Å². The highest BCUT2D eigenvalue weighted by Crippen LogP contribution is 2.31. The topological polar surface area (TPSA) is 79.2 Å². The van der Waals surface area contributed by atoms with Crippen LogP contribution in [0.5, 0.6) is 11.6 Å². The molecule has 3 aromatic heterocycles. The van der Waals surface area contributed by atoms with Crippen molar-refractivity contribution in [3.8, 4) is 11.6 Å². The average Bonchev–Trinajstić information content (AvgIpc) is 2.92. The molecule has 0 aliphatic carbocycles. The fraction of sp³-hybridized carbons (Fsp3) is 0.286. The highest BCUT2D eigenvalue weighted by molar-refractivity contribution is 5.52. The van der Waals surface area contributed by atoms with Gasteiger partial charge in [-0.1, -0.05) is 0 Å². The van der Waals surface area contributed by atoms with Gasteiger partial charge in [0.1, 0.15) is 0 Å². The summed E-state index contributed by atoms with van der Waals surface area (Å²) in [6.45, 7) is 4.85. The van der Waals surface area contributed by atoms with Crippen molar-refractivity contribution >= 4 is 5.65 Å². The second-order valence-electron chi connectivity index (χ2n) is 5.25. The van der Waals surface area contributed by atoms with Crippen molar-refractivity contribution in [2.75, 3.05) is 0 Å². The van der Waals surface area contributed by atoms with Crippen LogP contribution in [0.2, 0.25) is 0 Å². The summed E-state index contributed by atoms with van der Waals surface area (Å²) in [4.78, 5) is 0. The van der Waals surface area contributed by atoms with Gasteiger partial charge >= 0.3 is 6.18 Å². The zero-order valence-electron chi connectivity index (χ0n) is 12.9. The Bertz CT molecular complexity index is 936. The third kappa shape index (κ3) is 2.59. The second-order valence-corrected chi connectivity index (χ2v) is 5.25. The predicted octanol–water partition coefficient (Wildman–Crippen LogP) is 2.49. The van der Waals surface area contributed by atoms with Gasteiger partial charge in [-0.15, -0.1) is 15.3 Å². The molecular weight excluding hydrogens is 327 g/mol. The van der Waals surface area contributed by atoms with Crippen LogP contribution in [0.1, 0.15) is 22.6 Å². The number of aryl methyl sites for hydroxylation is 2. The lowest BCUT2D eigenvalue weighted by Crippen LogP contribution is -2.29. The fourth-order valence-electron chi connectivity index (χ4n) is 2.08. The summed E-state index contributed by atoms with van der Waals surface area (Å²) < 4.78 is 45.7. The molecule has 3 heterocycles. The minimum Gasteiger partial charge on any atom is -0.618 e. The van der Waals surface area contributed by atoms with Crippen LogP contribution in [0.25, 0.3) is 5.65 Å². The van der Waals surface area contributed by atoms with E-state index in [4.69, 9.17) is 4.74 Å². The van der Waals surface area contributed by atoms with Crippen LogP contribution >= 0.6 is 0 Å². The Hall–Kier alpha value is -2.91. The summed E-state index contributed by atoms with van der Waals surface area (Å²) in [6.07, 6.45) is -3.53. The van der Waals surface area contributed by atoms with Gasteiger partial charge in [-0.25, -0.2) is 0 Å². The molecule has 0 unspecified atom stereocenters. The third-order valence-corrected chi connectivity index (χ3v) is 3.60. The van der Waals surface area contributed by atoms with E-state index >= 15 is 0 Å². The van der Waals surface area contributed by atoms with Crippen molar-refractivity contribution in [2.45, 2.75) is 26.9 Å². The van der Waals surface area contributed by atoms with E-state index in [2.05, 4.69) is 15.3 Å². The Morgan fingerprint density at radius 3 is 2.46 bits per heavy atom. The summed E-state index contributed by atoms with van der Waals surface area (Å²) in [5.41, 5.74) is 1.40. The lowest BCUT2D eigenvalue weighted by atomic mass is 10.2. The second kappa shape index (κ2) is 5.32. The normalized spacial score (nSPS) is 11.9. The molecule has 3 aromatic rings. The molecule has 0 N–H and O–H groups in total. The monoisotopic (exact) mass is 339 g/mol. The smallest absolute Gasteiger partial charge is 0.453 e. The molecule has 7 nitrogen and oxygen atoms in total. The Kier molecular flexibility index (Phi) is 3.54. The summed E-state index contributed by atoms with van der Waals surface area (Å²) in [5.74, 6) is -1.14. The lowest BCUT2D eigenvalue weighted by molar-refractivity contribution is -0.612. The van der Waals surface area contributed by atoms with Crippen molar-refractivity contribution in [1.82, 2.24) is 19.8 Å². The van der Waals surface area contributed by atoms with Crippen LogP contribution in [0.15, 0.2) is 18.3 Å². The molecule has 0 fully saturated rings. The molecule has 0 saturated carbocycles. The Morgan fingerprint density at radius 1 is 1.12 bits per heavy atom. The summed E-state index contributed by atoms with van der Waals surface area (Å²) in [5, 5.41) is 22.1.